The van der Waals surface area contributed by atoms with Crippen LogP contribution in [-0.2, 0) is 13.0 Å². The minimum atomic E-state index is -0.252. The van der Waals surface area contributed by atoms with Crippen LogP contribution in [0.5, 0.6) is 0 Å². The SMILES string of the molecule is CCn1c(Cc2ccccc2)nnc1S[C@@H](C)C(=O)c1c[nH]c2ccccc12. The number of nitrogens with zero attached hydrogens (tertiary/aromatic N) is 3. The molecule has 2 aromatic heterocycles. The molecule has 5 nitrogen and oxygen atoms in total. The summed E-state index contributed by atoms with van der Waals surface area (Å²) in [6, 6.07) is 18.1. The summed E-state index contributed by atoms with van der Waals surface area (Å²) in [5.41, 5.74) is 2.90. The molecule has 0 spiro atoms. The van der Waals surface area contributed by atoms with Gasteiger partial charge < -0.3 is 9.55 Å². The van der Waals surface area contributed by atoms with E-state index in [1.807, 2.05) is 49.4 Å². The molecule has 0 fully saturated rings. The van der Waals surface area contributed by atoms with E-state index in [9.17, 15) is 4.79 Å². The summed E-state index contributed by atoms with van der Waals surface area (Å²) in [5.74, 6) is 1.01. The predicted octanol–water partition coefficient (Wildman–Crippen LogP) is 4.73. The molecule has 0 aliphatic carbocycles. The second-order valence-electron chi connectivity index (χ2n) is 6.68. The maximum atomic E-state index is 13.0. The molecule has 28 heavy (non-hydrogen) atoms. The zero-order chi connectivity index (χ0) is 19.5. The molecule has 142 valence electrons. The highest BCUT2D eigenvalue weighted by Gasteiger charge is 2.23. The van der Waals surface area contributed by atoms with E-state index in [4.69, 9.17) is 0 Å². The highest BCUT2D eigenvalue weighted by molar-refractivity contribution is 8.00. The van der Waals surface area contributed by atoms with Gasteiger partial charge in [0.25, 0.3) is 0 Å². The molecule has 6 heteroatoms. The van der Waals surface area contributed by atoms with Crippen LogP contribution in [0.25, 0.3) is 10.9 Å². The second-order valence-corrected chi connectivity index (χ2v) is 7.99. The molecule has 0 aliphatic heterocycles. The molecular formula is C22H22N4OS. The highest BCUT2D eigenvalue weighted by atomic mass is 32.2. The Kier molecular flexibility index (Phi) is 5.30. The fraction of sp³-hybridized carbons (Fsp3) is 0.227. The molecule has 0 amide bonds. The number of benzene rings is 2. The lowest BCUT2D eigenvalue weighted by Gasteiger charge is -2.11. The number of carbonyl (C=O) groups excluding carboxylic acids is 1. The molecule has 1 atom stereocenters. The van der Waals surface area contributed by atoms with Gasteiger partial charge in [-0.3, -0.25) is 4.79 Å². The summed E-state index contributed by atoms with van der Waals surface area (Å²) >= 11 is 1.47. The Morgan fingerprint density at radius 3 is 2.64 bits per heavy atom. The Bertz CT molecular complexity index is 1100. The van der Waals surface area contributed by atoms with Crippen LogP contribution in [0, 0.1) is 0 Å². The van der Waals surface area contributed by atoms with E-state index in [2.05, 4.69) is 38.8 Å². The first kappa shape index (κ1) is 18.5. The molecular weight excluding hydrogens is 368 g/mol. The fourth-order valence-corrected chi connectivity index (χ4v) is 4.34. The van der Waals surface area contributed by atoms with Crippen molar-refractivity contribution in [1.82, 2.24) is 19.7 Å². The number of H-pyrrole nitrogens is 1. The number of ketones is 1. The van der Waals surface area contributed by atoms with Gasteiger partial charge in [-0.05, 0) is 25.5 Å². The molecule has 0 radical (unpaired) electrons. The number of para-hydroxylation sites is 1. The molecule has 4 rings (SSSR count). The van der Waals surface area contributed by atoms with Gasteiger partial charge in [0.2, 0.25) is 0 Å². The maximum Gasteiger partial charge on any atom is 0.191 e. The van der Waals surface area contributed by atoms with Crippen molar-refractivity contribution in [3.8, 4) is 0 Å². The van der Waals surface area contributed by atoms with Crippen molar-refractivity contribution >= 4 is 28.4 Å². The van der Waals surface area contributed by atoms with E-state index in [0.717, 1.165) is 40.4 Å². The van der Waals surface area contributed by atoms with Gasteiger partial charge in [-0.1, -0.05) is 60.3 Å². The molecule has 2 aromatic carbocycles. The standard InChI is InChI=1S/C22H22N4OS/c1-3-26-20(13-16-9-5-4-6-10-16)24-25-22(26)28-15(2)21(27)18-14-23-19-12-8-7-11-17(18)19/h4-12,14-15,23H,3,13H2,1-2H3/t15-/m0/s1. The van der Waals surface area contributed by atoms with Crippen LogP contribution < -0.4 is 0 Å². The van der Waals surface area contributed by atoms with Crippen molar-refractivity contribution < 1.29 is 4.79 Å². The normalized spacial score (nSPS) is 12.4. The lowest BCUT2D eigenvalue weighted by molar-refractivity contribution is 0.0995. The first-order chi connectivity index (χ1) is 13.7. The highest BCUT2D eigenvalue weighted by Crippen LogP contribution is 2.28. The Labute approximate surface area is 168 Å². The summed E-state index contributed by atoms with van der Waals surface area (Å²) in [7, 11) is 0. The topological polar surface area (TPSA) is 63.6 Å². The van der Waals surface area contributed by atoms with E-state index in [-0.39, 0.29) is 11.0 Å². The van der Waals surface area contributed by atoms with Gasteiger partial charge in [0.05, 0.1) is 5.25 Å². The first-order valence-electron chi connectivity index (χ1n) is 9.40. The maximum absolute atomic E-state index is 13.0. The molecule has 0 saturated heterocycles. The van der Waals surface area contributed by atoms with Crippen LogP contribution in [0.4, 0.5) is 0 Å². The minimum Gasteiger partial charge on any atom is -0.360 e. The summed E-state index contributed by atoms with van der Waals surface area (Å²) in [6.07, 6.45) is 2.53. The quantitative estimate of drug-likeness (QED) is 0.366. The average molecular weight is 391 g/mol. The van der Waals surface area contributed by atoms with E-state index in [0.29, 0.717) is 0 Å². The van der Waals surface area contributed by atoms with Crippen molar-refractivity contribution in [3.63, 3.8) is 0 Å². The number of fused-ring (bicyclic) bond motifs is 1. The number of thioether (sulfide) groups is 1. The van der Waals surface area contributed by atoms with E-state index < -0.39 is 0 Å². The molecule has 0 unspecified atom stereocenters. The van der Waals surface area contributed by atoms with Crippen LogP contribution in [0.1, 0.15) is 35.6 Å². The van der Waals surface area contributed by atoms with Crippen molar-refractivity contribution in [3.05, 3.63) is 77.7 Å². The molecule has 0 saturated carbocycles. The van der Waals surface area contributed by atoms with Crippen molar-refractivity contribution in [2.45, 2.75) is 37.2 Å². The van der Waals surface area contributed by atoms with Gasteiger partial charge in [-0.25, -0.2) is 0 Å². The zero-order valence-electron chi connectivity index (χ0n) is 15.9. The summed E-state index contributed by atoms with van der Waals surface area (Å²) in [5, 5.41) is 10.2. The Hall–Kier alpha value is -2.86. The minimum absolute atomic E-state index is 0.0951. The number of hydrogen-bond acceptors (Lipinski definition) is 4. The Morgan fingerprint density at radius 2 is 1.86 bits per heavy atom. The molecule has 0 aliphatic rings. The third kappa shape index (κ3) is 3.60. The van der Waals surface area contributed by atoms with Gasteiger partial charge in [-0.2, -0.15) is 0 Å². The van der Waals surface area contributed by atoms with Gasteiger partial charge in [-0.15, -0.1) is 10.2 Å². The Balaban J connectivity index is 1.54. The van der Waals surface area contributed by atoms with Crippen LogP contribution in [0.15, 0.2) is 66.0 Å². The number of aromatic nitrogens is 4. The van der Waals surface area contributed by atoms with Crippen LogP contribution in [0.3, 0.4) is 0 Å². The van der Waals surface area contributed by atoms with E-state index in [1.54, 1.807) is 6.20 Å². The summed E-state index contributed by atoms with van der Waals surface area (Å²) in [4.78, 5) is 16.2. The number of carbonyl (C=O) groups is 1. The number of rotatable bonds is 7. The van der Waals surface area contributed by atoms with E-state index >= 15 is 0 Å². The van der Waals surface area contributed by atoms with Crippen LogP contribution >= 0.6 is 11.8 Å². The van der Waals surface area contributed by atoms with Gasteiger partial charge in [0.15, 0.2) is 10.9 Å². The van der Waals surface area contributed by atoms with Gasteiger partial charge in [0.1, 0.15) is 5.82 Å². The largest absolute Gasteiger partial charge is 0.360 e. The number of Topliss-reactive ketones (excluding diaryl/α,β-unsaturated/α-hetero) is 1. The number of hydrogen-bond donors (Lipinski definition) is 1. The lowest BCUT2D eigenvalue weighted by Crippen LogP contribution is -2.14. The van der Waals surface area contributed by atoms with Crippen LogP contribution in [0.2, 0.25) is 0 Å². The fourth-order valence-electron chi connectivity index (χ4n) is 3.34. The molecule has 0 bridgehead atoms. The van der Waals surface area contributed by atoms with Crippen molar-refractivity contribution in [1.29, 1.82) is 0 Å². The average Bonchev–Trinajstić information content (AvgIpc) is 3.32. The molecule has 1 N–H and O–H groups in total. The predicted molar refractivity (Wildman–Crippen MR) is 113 cm³/mol. The van der Waals surface area contributed by atoms with Crippen molar-refractivity contribution in [2.75, 3.05) is 0 Å². The third-order valence-corrected chi connectivity index (χ3v) is 5.90. The Morgan fingerprint density at radius 1 is 1.11 bits per heavy atom. The molecule has 2 heterocycles. The van der Waals surface area contributed by atoms with Gasteiger partial charge >= 0.3 is 0 Å². The van der Waals surface area contributed by atoms with Crippen LogP contribution in [-0.4, -0.2) is 30.8 Å². The summed E-state index contributed by atoms with van der Waals surface area (Å²) in [6.45, 7) is 4.78. The monoisotopic (exact) mass is 390 g/mol. The molecule has 4 aromatic rings. The third-order valence-electron chi connectivity index (χ3n) is 4.82. The van der Waals surface area contributed by atoms with Crippen molar-refractivity contribution in [2.24, 2.45) is 0 Å². The smallest absolute Gasteiger partial charge is 0.191 e. The van der Waals surface area contributed by atoms with E-state index in [1.165, 1.54) is 17.3 Å². The first-order valence-corrected chi connectivity index (χ1v) is 10.3. The number of aromatic amines is 1. The number of nitrogens with one attached hydrogen (secondary N) is 1. The summed E-state index contributed by atoms with van der Waals surface area (Å²) < 4.78 is 2.09. The zero-order valence-corrected chi connectivity index (χ0v) is 16.7. The second kappa shape index (κ2) is 8.02. The lowest BCUT2D eigenvalue weighted by atomic mass is 10.1. The van der Waals surface area contributed by atoms with Gasteiger partial charge in [0, 0.05) is 35.6 Å².